The number of nitriles is 1. The first-order valence-electron chi connectivity index (χ1n) is 4.64. The molecule has 0 atom stereocenters. The van der Waals surface area contributed by atoms with Gasteiger partial charge in [-0.1, -0.05) is 36.9 Å². The Balaban J connectivity index is 2.49. The molecule has 0 bridgehead atoms. The molecule has 0 aliphatic rings. The zero-order chi connectivity index (χ0) is 11.1. The predicted molar refractivity (Wildman–Crippen MR) is 61.6 cm³/mol. The summed E-state index contributed by atoms with van der Waals surface area (Å²) in [5.41, 5.74) is 2.16. The maximum absolute atomic E-state index is 10.5. The van der Waals surface area contributed by atoms with E-state index in [1.165, 1.54) is 0 Å². The van der Waals surface area contributed by atoms with E-state index < -0.39 is 0 Å². The molecule has 0 saturated carbocycles. The molecule has 0 aromatic heterocycles. The van der Waals surface area contributed by atoms with Crippen LogP contribution in [-0.4, -0.2) is 5.24 Å². The van der Waals surface area contributed by atoms with Crippen molar-refractivity contribution in [3.05, 3.63) is 35.4 Å². The third-order valence-electron chi connectivity index (χ3n) is 1.99. The van der Waals surface area contributed by atoms with Crippen LogP contribution in [0.25, 0.3) is 0 Å². The lowest BCUT2D eigenvalue weighted by atomic mass is 10.1. The van der Waals surface area contributed by atoms with E-state index in [1.54, 1.807) is 0 Å². The molecule has 1 aromatic rings. The smallest absolute Gasteiger partial charge is 0.276 e. The standard InChI is InChI=1S/C11H12N2OS/c12-7-1-2-9-3-5-10(6-4-9)8-13-11(14)15/h3-6H,1-2,8H2,(H2,13,14,15). The van der Waals surface area contributed by atoms with Gasteiger partial charge in [-0.05, 0) is 17.5 Å². The largest absolute Gasteiger partial charge is 0.343 e. The number of carbonyl (C=O) groups is 1. The van der Waals surface area contributed by atoms with E-state index in [1.807, 2.05) is 24.3 Å². The van der Waals surface area contributed by atoms with Gasteiger partial charge >= 0.3 is 0 Å². The van der Waals surface area contributed by atoms with E-state index in [0.717, 1.165) is 17.5 Å². The second-order valence-corrected chi connectivity index (χ2v) is 3.54. The number of aryl methyl sites for hydroxylation is 1. The van der Waals surface area contributed by atoms with Crippen LogP contribution in [0.3, 0.4) is 0 Å². The molecule has 0 fully saturated rings. The summed E-state index contributed by atoms with van der Waals surface area (Å²) in [6.45, 7) is 0.487. The molecule has 1 N–H and O–H groups in total. The fourth-order valence-corrected chi connectivity index (χ4v) is 1.28. The Morgan fingerprint density at radius 2 is 1.93 bits per heavy atom. The molecule has 1 amide bonds. The third-order valence-corrected chi connectivity index (χ3v) is 2.15. The van der Waals surface area contributed by atoms with Gasteiger partial charge in [0, 0.05) is 13.0 Å². The maximum atomic E-state index is 10.5. The van der Waals surface area contributed by atoms with E-state index in [0.29, 0.717) is 13.0 Å². The Labute approximate surface area is 94.5 Å². The van der Waals surface area contributed by atoms with Crippen molar-refractivity contribution in [2.45, 2.75) is 19.4 Å². The van der Waals surface area contributed by atoms with Crippen molar-refractivity contribution >= 4 is 17.9 Å². The summed E-state index contributed by atoms with van der Waals surface area (Å²) in [7, 11) is 0. The first-order valence-corrected chi connectivity index (χ1v) is 5.08. The van der Waals surface area contributed by atoms with Gasteiger partial charge in [-0.2, -0.15) is 5.26 Å². The van der Waals surface area contributed by atoms with Gasteiger partial charge in [-0.3, -0.25) is 4.79 Å². The van der Waals surface area contributed by atoms with Crippen LogP contribution >= 0.6 is 12.6 Å². The van der Waals surface area contributed by atoms with Gasteiger partial charge in [-0.25, -0.2) is 0 Å². The van der Waals surface area contributed by atoms with Crippen LogP contribution in [0.5, 0.6) is 0 Å². The summed E-state index contributed by atoms with van der Waals surface area (Å²) in [6.07, 6.45) is 1.31. The molecule has 0 aliphatic heterocycles. The van der Waals surface area contributed by atoms with Crippen molar-refractivity contribution in [2.75, 3.05) is 0 Å². The summed E-state index contributed by atoms with van der Waals surface area (Å²) < 4.78 is 0. The number of thiol groups is 1. The predicted octanol–water partition coefficient (Wildman–Crippen LogP) is 2.28. The molecule has 4 heteroatoms. The van der Waals surface area contributed by atoms with Crippen molar-refractivity contribution in [3.63, 3.8) is 0 Å². The van der Waals surface area contributed by atoms with E-state index in [-0.39, 0.29) is 5.24 Å². The normalized spacial score (nSPS) is 9.33. The Bertz CT molecular complexity index is 367. The minimum atomic E-state index is -0.330. The van der Waals surface area contributed by atoms with E-state index in [2.05, 4.69) is 24.0 Å². The van der Waals surface area contributed by atoms with Crippen LogP contribution in [0, 0.1) is 11.3 Å². The molecule has 0 spiro atoms. The lowest BCUT2D eigenvalue weighted by molar-refractivity contribution is 0.260. The topological polar surface area (TPSA) is 52.9 Å². The lowest BCUT2D eigenvalue weighted by Gasteiger charge is -2.03. The number of carbonyl (C=O) groups excluding carboxylic acids is 1. The van der Waals surface area contributed by atoms with Crippen LogP contribution in [-0.2, 0) is 13.0 Å². The highest BCUT2D eigenvalue weighted by atomic mass is 32.1. The van der Waals surface area contributed by atoms with Gasteiger partial charge in [0.15, 0.2) is 0 Å². The highest BCUT2D eigenvalue weighted by Gasteiger charge is 1.96. The van der Waals surface area contributed by atoms with E-state index >= 15 is 0 Å². The van der Waals surface area contributed by atoms with E-state index in [4.69, 9.17) is 5.26 Å². The minimum absolute atomic E-state index is 0.330. The Kier molecular flexibility index (Phi) is 4.72. The van der Waals surface area contributed by atoms with Crippen LogP contribution in [0.15, 0.2) is 24.3 Å². The Hall–Kier alpha value is -1.47. The second-order valence-electron chi connectivity index (χ2n) is 3.13. The Morgan fingerprint density at radius 3 is 2.47 bits per heavy atom. The fraction of sp³-hybridized carbons (Fsp3) is 0.273. The van der Waals surface area contributed by atoms with Crippen LogP contribution in [0.2, 0.25) is 0 Å². The number of amides is 1. The first-order chi connectivity index (χ1) is 7.22. The molecule has 0 radical (unpaired) electrons. The molecular weight excluding hydrogens is 208 g/mol. The number of benzene rings is 1. The molecule has 3 nitrogen and oxygen atoms in total. The molecule has 78 valence electrons. The van der Waals surface area contributed by atoms with Gasteiger partial charge in [0.2, 0.25) is 0 Å². The highest BCUT2D eigenvalue weighted by molar-refractivity contribution is 7.96. The van der Waals surface area contributed by atoms with E-state index in [9.17, 15) is 4.79 Å². The molecule has 0 saturated heterocycles. The maximum Gasteiger partial charge on any atom is 0.276 e. The summed E-state index contributed by atoms with van der Waals surface area (Å²) in [4.78, 5) is 10.5. The van der Waals surface area contributed by atoms with Gasteiger partial charge in [0.1, 0.15) is 0 Å². The number of hydrogen-bond donors (Lipinski definition) is 2. The zero-order valence-corrected chi connectivity index (χ0v) is 9.13. The van der Waals surface area contributed by atoms with Crippen LogP contribution in [0.1, 0.15) is 17.5 Å². The fourth-order valence-electron chi connectivity index (χ4n) is 1.20. The van der Waals surface area contributed by atoms with Crippen LogP contribution in [0.4, 0.5) is 4.79 Å². The molecule has 1 rings (SSSR count). The number of rotatable bonds is 4. The molecular formula is C11H12N2OS. The highest BCUT2D eigenvalue weighted by Crippen LogP contribution is 2.06. The molecule has 0 aliphatic carbocycles. The second kappa shape index (κ2) is 6.10. The van der Waals surface area contributed by atoms with Gasteiger partial charge in [-0.15, -0.1) is 0 Å². The zero-order valence-electron chi connectivity index (χ0n) is 8.23. The number of nitrogens with one attached hydrogen (secondary N) is 1. The van der Waals surface area contributed by atoms with Crippen molar-refractivity contribution in [3.8, 4) is 6.07 Å². The van der Waals surface area contributed by atoms with Crippen molar-refractivity contribution in [1.29, 1.82) is 5.26 Å². The molecule has 0 heterocycles. The molecule has 15 heavy (non-hydrogen) atoms. The summed E-state index contributed by atoms with van der Waals surface area (Å²) in [5, 5.41) is 10.7. The Morgan fingerprint density at radius 1 is 1.33 bits per heavy atom. The summed E-state index contributed by atoms with van der Waals surface area (Å²) in [5.74, 6) is 0. The SMILES string of the molecule is N#CCCc1ccc(CNC(=O)S)cc1. The van der Waals surface area contributed by atoms with Crippen molar-refractivity contribution < 1.29 is 4.79 Å². The average molecular weight is 220 g/mol. The minimum Gasteiger partial charge on any atom is -0.343 e. The van der Waals surface area contributed by atoms with Crippen molar-refractivity contribution in [1.82, 2.24) is 5.32 Å². The van der Waals surface area contributed by atoms with Crippen LogP contribution < -0.4 is 5.32 Å². The number of hydrogen-bond acceptors (Lipinski definition) is 2. The monoisotopic (exact) mass is 220 g/mol. The average Bonchev–Trinajstić information content (AvgIpc) is 2.25. The third kappa shape index (κ3) is 4.52. The van der Waals surface area contributed by atoms with Gasteiger partial charge in [0.05, 0.1) is 6.07 Å². The molecule has 1 aromatic carbocycles. The quantitative estimate of drug-likeness (QED) is 0.765. The van der Waals surface area contributed by atoms with Gasteiger partial charge in [0.25, 0.3) is 5.24 Å². The summed E-state index contributed by atoms with van der Waals surface area (Å²) in [6, 6.07) is 9.92. The first kappa shape index (κ1) is 11.6. The lowest BCUT2D eigenvalue weighted by Crippen LogP contribution is -2.15. The number of nitrogens with zero attached hydrogens (tertiary/aromatic N) is 1. The molecule has 0 unspecified atom stereocenters. The van der Waals surface area contributed by atoms with Crippen molar-refractivity contribution in [2.24, 2.45) is 0 Å². The summed E-state index contributed by atoms with van der Waals surface area (Å²) >= 11 is 3.61. The van der Waals surface area contributed by atoms with Gasteiger partial charge < -0.3 is 5.32 Å².